The molecule has 1 aromatic rings. The van der Waals surface area contributed by atoms with Crippen molar-refractivity contribution in [2.75, 3.05) is 18.6 Å². The highest BCUT2D eigenvalue weighted by Crippen LogP contribution is 2.12. The number of hydrogen-bond acceptors (Lipinski definition) is 4. The number of esters is 2. The third-order valence-corrected chi connectivity index (χ3v) is 2.83. The molecule has 0 radical (unpaired) electrons. The highest BCUT2D eigenvalue weighted by molar-refractivity contribution is 6.40. The zero-order chi connectivity index (χ0) is 17.5. The summed E-state index contributed by atoms with van der Waals surface area (Å²) in [5.74, 6) is -0.942. The fourth-order valence-electron chi connectivity index (χ4n) is 1.61. The highest BCUT2D eigenvalue weighted by Gasteiger charge is 2.18. The van der Waals surface area contributed by atoms with Crippen LogP contribution in [0.2, 0.25) is 0 Å². The summed E-state index contributed by atoms with van der Waals surface area (Å²) in [5.41, 5.74) is 0.537. The van der Waals surface area contributed by atoms with Crippen molar-refractivity contribution in [2.24, 2.45) is 0 Å². The molecule has 0 fully saturated rings. The standard InChI is InChI=1S/C16H22O4.CH2Cl2/c1-3-5-11-19-15(17)13-9-7-8-10-14(13)16(18)20-12-6-4-2;2-1-3/h7-10H,3-6,11-12H2,1-2H3;1H2. The zero-order valence-corrected chi connectivity index (χ0v) is 15.2. The van der Waals surface area contributed by atoms with Gasteiger partial charge in [-0.05, 0) is 25.0 Å². The van der Waals surface area contributed by atoms with E-state index in [9.17, 15) is 9.59 Å². The van der Waals surface area contributed by atoms with Gasteiger partial charge in [-0.3, -0.25) is 0 Å². The number of carbonyl (C=O) groups is 2. The van der Waals surface area contributed by atoms with E-state index in [2.05, 4.69) is 0 Å². The number of unbranched alkanes of at least 4 members (excludes halogenated alkanes) is 2. The smallest absolute Gasteiger partial charge is 0.339 e. The maximum atomic E-state index is 11.9. The number of carbonyl (C=O) groups excluding carboxylic acids is 2. The summed E-state index contributed by atoms with van der Waals surface area (Å²) < 4.78 is 10.3. The maximum Gasteiger partial charge on any atom is 0.339 e. The minimum absolute atomic E-state index is 0.194. The van der Waals surface area contributed by atoms with Gasteiger partial charge in [0, 0.05) is 0 Å². The molecule has 0 aromatic heterocycles. The van der Waals surface area contributed by atoms with Gasteiger partial charge in [0.25, 0.3) is 0 Å². The van der Waals surface area contributed by atoms with Gasteiger partial charge in [0.1, 0.15) is 0 Å². The lowest BCUT2D eigenvalue weighted by Crippen LogP contribution is -2.14. The molecule has 1 aromatic carbocycles. The van der Waals surface area contributed by atoms with Crippen LogP contribution < -0.4 is 0 Å². The van der Waals surface area contributed by atoms with E-state index in [0.29, 0.717) is 13.2 Å². The second-order valence-electron chi connectivity index (χ2n) is 4.63. The predicted molar refractivity (Wildman–Crippen MR) is 93.4 cm³/mol. The molecular formula is C17H24Cl2O4. The Hall–Kier alpha value is -1.26. The molecule has 0 heterocycles. The average molecular weight is 363 g/mol. The maximum absolute atomic E-state index is 11.9. The van der Waals surface area contributed by atoms with Crippen molar-refractivity contribution in [2.45, 2.75) is 39.5 Å². The van der Waals surface area contributed by atoms with Gasteiger partial charge in [0.05, 0.1) is 29.7 Å². The molecule has 0 atom stereocenters. The van der Waals surface area contributed by atoms with Crippen LogP contribution in [0, 0.1) is 0 Å². The van der Waals surface area contributed by atoms with Gasteiger partial charge in [0.15, 0.2) is 0 Å². The van der Waals surface area contributed by atoms with Gasteiger partial charge in [-0.25, -0.2) is 9.59 Å². The minimum Gasteiger partial charge on any atom is -0.462 e. The van der Waals surface area contributed by atoms with Crippen molar-refractivity contribution >= 4 is 35.1 Å². The van der Waals surface area contributed by atoms with Gasteiger partial charge in [-0.15, -0.1) is 23.2 Å². The fraction of sp³-hybridized carbons (Fsp3) is 0.529. The molecule has 6 heteroatoms. The van der Waals surface area contributed by atoms with Crippen LogP contribution in [0.5, 0.6) is 0 Å². The van der Waals surface area contributed by atoms with E-state index in [1.54, 1.807) is 24.3 Å². The van der Waals surface area contributed by atoms with E-state index < -0.39 is 11.9 Å². The van der Waals surface area contributed by atoms with Gasteiger partial charge in [-0.2, -0.15) is 0 Å². The molecule has 0 aliphatic carbocycles. The summed E-state index contributed by atoms with van der Waals surface area (Å²) in [6.07, 6.45) is 3.53. The number of benzene rings is 1. The number of ether oxygens (including phenoxy) is 2. The largest absolute Gasteiger partial charge is 0.462 e. The Balaban J connectivity index is 0.00000149. The van der Waals surface area contributed by atoms with E-state index in [0.717, 1.165) is 25.7 Å². The molecule has 0 amide bonds. The molecule has 0 aliphatic heterocycles. The first kappa shape index (κ1) is 21.7. The van der Waals surface area contributed by atoms with E-state index in [4.69, 9.17) is 32.7 Å². The van der Waals surface area contributed by atoms with E-state index in [1.807, 2.05) is 13.8 Å². The van der Waals surface area contributed by atoms with Crippen molar-refractivity contribution < 1.29 is 19.1 Å². The van der Waals surface area contributed by atoms with Gasteiger partial charge < -0.3 is 9.47 Å². The topological polar surface area (TPSA) is 52.6 Å². The second kappa shape index (κ2) is 14.3. The third kappa shape index (κ3) is 9.47. The Bertz CT molecular complexity index is 423. The highest BCUT2D eigenvalue weighted by atomic mass is 35.5. The average Bonchev–Trinajstić information content (AvgIpc) is 2.56. The molecule has 23 heavy (non-hydrogen) atoms. The van der Waals surface area contributed by atoms with Crippen LogP contribution >= 0.6 is 23.2 Å². The molecule has 1 rings (SSSR count). The van der Waals surface area contributed by atoms with Crippen molar-refractivity contribution in [3.63, 3.8) is 0 Å². The van der Waals surface area contributed by atoms with Gasteiger partial charge in [0.2, 0.25) is 0 Å². The molecule has 0 unspecified atom stereocenters. The van der Waals surface area contributed by atoms with Gasteiger partial charge >= 0.3 is 11.9 Å². The first-order valence-electron chi connectivity index (χ1n) is 7.67. The Morgan fingerprint density at radius 3 is 1.52 bits per heavy atom. The lowest BCUT2D eigenvalue weighted by molar-refractivity contribution is 0.0452. The summed E-state index contributed by atoms with van der Waals surface area (Å²) in [6, 6.07) is 6.59. The third-order valence-electron chi connectivity index (χ3n) is 2.83. The molecule has 0 N–H and O–H groups in total. The first-order chi connectivity index (χ1) is 11.1. The first-order valence-corrected chi connectivity index (χ1v) is 8.74. The Kier molecular flexibility index (Phi) is 13.6. The number of rotatable bonds is 8. The molecule has 4 nitrogen and oxygen atoms in total. The normalized spacial score (nSPS) is 9.57. The lowest BCUT2D eigenvalue weighted by Gasteiger charge is -2.09. The molecule has 0 bridgehead atoms. The number of alkyl halides is 2. The van der Waals surface area contributed by atoms with E-state index >= 15 is 0 Å². The monoisotopic (exact) mass is 362 g/mol. The summed E-state index contributed by atoms with van der Waals surface area (Å²) in [5, 5.41) is 0.194. The summed E-state index contributed by atoms with van der Waals surface area (Å²) >= 11 is 9.53. The molecule has 0 spiro atoms. The SMILES string of the molecule is CCCCOC(=O)c1ccccc1C(=O)OCCCC.ClCCl. The van der Waals surface area contributed by atoms with E-state index in [1.165, 1.54) is 0 Å². The molecule has 0 saturated carbocycles. The van der Waals surface area contributed by atoms with Crippen LogP contribution in [0.25, 0.3) is 0 Å². The Morgan fingerprint density at radius 2 is 1.22 bits per heavy atom. The molecular weight excluding hydrogens is 339 g/mol. The fourth-order valence-corrected chi connectivity index (χ4v) is 1.61. The second-order valence-corrected chi connectivity index (χ2v) is 5.43. The van der Waals surface area contributed by atoms with Crippen LogP contribution in [0.4, 0.5) is 0 Å². The summed E-state index contributed by atoms with van der Waals surface area (Å²) in [6.45, 7) is 4.78. The number of hydrogen-bond donors (Lipinski definition) is 0. The van der Waals surface area contributed by atoms with Crippen LogP contribution in [0.15, 0.2) is 24.3 Å². The predicted octanol–water partition coefficient (Wildman–Crippen LogP) is 5.02. The van der Waals surface area contributed by atoms with Crippen molar-refractivity contribution in [1.29, 1.82) is 0 Å². The van der Waals surface area contributed by atoms with Crippen molar-refractivity contribution in [3.05, 3.63) is 35.4 Å². The lowest BCUT2D eigenvalue weighted by atomic mass is 10.1. The summed E-state index contributed by atoms with van der Waals surface area (Å²) in [7, 11) is 0. The molecule has 0 saturated heterocycles. The van der Waals surface area contributed by atoms with Crippen LogP contribution in [0.3, 0.4) is 0 Å². The zero-order valence-electron chi connectivity index (χ0n) is 13.6. The van der Waals surface area contributed by atoms with Crippen LogP contribution in [-0.4, -0.2) is 30.5 Å². The Morgan fingerprint density at radius 1 is 0.870 bits per heavy atom. The molecule has 0 aliphatic rings. The quantitative estimate of drug-likeness (QED) is 0.370. The van der Waals surface area contributed by atoms with E-state index in [-0.39, 0.29) is 16.5 Å². The van der Waals surface area contributed by atoms with Crippen LogP contribution in [-0.2, 0) is 9.47 Å². The van der Waals surface area contributed by atoms with Gasteiger partial charge in [-0.1, -0.05) is 38.8 Å². The summed E-state index contributed by atoms with van der Waals surface area (Å²) in [4.78, 5) is 23.9. The van der Waals surface area contributed by atoms with Crippen LogP contribution in [0.1, 0.15) is 60.2 Å². The van der Waals surface area contributed by atoms with Crippen molar-refractivity contribution in [3.8, 4) is 0 Å². The van der Waals surface area contributed by atoms with Crippen molar-refractivity contribution in [1.82, 2.24) is 0 Å². The minimum atomic E-state index is -0.471. The number of halogens is 2. The Labute approximate surface area is 148 Å². The molecule has 130 valence electrons.